The van der Waals surface area contributed by atoms with Crippen LogP contribution in [0.3, 0.4) is 0 Å². The minimum Gasteiger partial charge on any atom is -0.494 e. The molecular weight excluding hydrogens is 702 g/mol. The van der Waals surface area contributed by atoms with Gasteiger partial charge in [0, 0.05) is 23.5 Å². The van der Waals surface area contributed by atoms with Crippen LogP contribution in [0.25, 0.3) is 0 Å². The molecule has 0 heterocycles. The molecule has 0 aliphatic heterocycles. The molecule has 2 amide bonds. The highest BCUT2D eigenvalue weighted by molar-refractivity contribution is 9.10. The topological polar surface area (TPSA) is 96.0 Å². The average molecular weight is 747 g/mol. The lowest BCUT2D eigenvalue weighted by molar-refractivity contribution is -0.140. The van der Waals surface area contributed by atoms with E-state index in [9.17, 15) is 18.0 Å². The summed E-state index contributed by atoms with van der Waals surface area (Å²) in [7, 11) is -4.21. The van der Waals surface area contributed by atoms with E-state index in [4.69, 9.17) is 4.74 Å². The summed E-state index contributed by atoms with van der Waals surface area (Å²) in [6.07, 6.45) is 5.31. The average Bonchev–Trinajstić information content (AvgIpc) is 3.10. The number of carbonyl (C=O) groups excluding carboxylic acids is 2. The number of rotatable bonds is 14. The third-order valence-corrected chi connectivity index (χ3v) is 11.1. The van der Waals surface area contributed by atoms with Crippen molar-refractivity contribution < 1.29 is 22.7 Å². The highest BCUT2D eigenvalue weighted by Gasteiger charge is 2.35. The van der Waals surface area contributed by atoms with Crippen LogP contribution in [0.1, 0.15) is 55.7 Å². The van der Waals surface area contributed by atoms with Crippen LogP contribution in [0.15, 0.2) is 112 Å². The number of aryl methyl sites for hydroxylation is 1. The van der Waals surface area contributed by atoms with Gasteiger partial charge in [-0.15, -0.1) is 0 Å². The number of amides is 2. The van der Waals surface area contributed by atoms with E-state index in [0.717, 1.165) is 57.6 Å². The van der Waals surface area contributed by atoms with E-state index < -0.39 is 28.5 Å². The number of ether oxygens (including phenoxy) is 1. The Morgan fingerprint density at radius 2 is 1.55 bits per heavy atom. The second kappa shape index (κ2) is 17.0. The van der Waals surface area contributed by atoms with Crippen molar-refractivity contribution in [3.63, 3.8) is 0 Å². The zero-order chi connectivity index (χ0) is 34.8. The lowest BCUT2D eigenvalue weighted by Gasteiger charge is -2.35. The van der Waals surface area contributed by atoms with Crippen LogP contribution >= 0.6 is 15.9 Å². The Kier molecular flexibility index (Phi) is 12.5. The highest BCUT2D eigenvalue weighted by atomic mass is 79.9. The predicted molar refractivity (Wildman–Crippen MR) is 197 cm³/mol. The molecule has 1 aliphatic carbocycles. The molecule has 8 nitrogen and oxygen atoms in total. The molecule has 49 heavy (non-hydrogen) atoms. The summed E-state index contributed by atoms with van der Waals surface area (Å²) < 4.78 is 36.1. The van der Waals surface area contributed by atoms with Crippen molar-refractivity contribution in [3.8, 4) is 5.75 Å². The van der Waals surface area contributed by atoms with E-state index >= 15 is 0 Å². The molecule has 0 radical (unpaired) electrons. The third-order valence-electron chi connectivity index (χ3n) is 8.77. The van der Waals surface area contributed by atoms with Crippen LogP contribution < -0.4 is 14.4 Å². The van der Waals surface area contributed by atoms with Gasteiger partial charge in [0.25, 0.3) is 10.0 Å². The molecule has 1 saturated carbocycles. The maximum atomic E-state index is 14.8. The second-order valence-corrected chi connectivity index (χ2v) is 15.2. The van der Waals surface area contributed by atoms with Crippen molar-refractivity contribution >= 4 is 43.5 Å². The molecule has 0 spiro atoms. The fourth-order valence-corrected chi connectivity index (χ4v) is 7.92. The van der Waals surface area contributed by atoms with Crippen molar-refractivity contribution in [1.29, 1.82) is 0 Å². The van der Waals surface area contributed by atoms with Gasteiger partial charge in [-0.05, 0) is 86.3 Å². The van der Waals surface area contributed by atoms with E-state index in [-0.39, 0.29) is 29.8 Å². The first-order valence-corrected chi connectivity index (χ1v) is 19.1. The van der Waals surface area contributed by atoms with Crippen molar-refractivity contribution in [2.45, 2.75) is 75.9 Å². The van der Waals surface area contributed by atoms with Crippen LogP contribution in [0.4, 0.5) is 5.69 Å². The number of hydrogen-bond acceptors (Lipinski definition) is 5. The van der Waals surface area contributed by atoms with Gasteiger partial charge in [0.05, 0.1) is 17.2 Å². The van der Waals surface area contributed by atoms with Gasteiger partial charge in [-0.2, -0.15) is 0 Å². The first-order valence-electron chi connectivity index (χ1n) is 16.8. The fraction of sp³-hybridized carbons (Fsp3) is 0.333. The normalized spacial score (nSPS) is 14.1. The summed E-state index contributed by atoms with van der Waals surface area (Å²) >= 11 is 3.38. The van der Waals surface area contributed by atoms with Gasteiger partial charge in [0.1, 0.15) is 18.3 Å². The summed E-state index contributed by atoms with van der Waals surface area (Å²) in [4.78, 5) is 30.6. The maximum Gasteiger partial charge on any atom is 0.264 e. The number of carbonyl (C=O) groups is 2. The molecule has 0 aromatic heterocycles. The molecule has 0 unspecified atom stereocenters. The maximum absolute atomic E-state index is 14.8. The lowest BCUT2D eigenvalue weighted by atomic mass is 9.94. The molecular formula is C39H44BrN3O5S. The number of benzene rings is 4. The van der Waals surface area contributed by atoms with Gasteiger partial charge < -0.3 is 15.0 Å². The Morgan fingerprint density at radius 3 is 2.20 bits per heavy atom. The van der Waals surface area contributed by atoms with Crippen molar-refractivity contribution in [2.24, 2.45) is 0 Å². The summed E-state index contributed by atoms with van der Waals surface area (Å²) in [6, 6.07) is 29.6. The van der Waals surface area contributed by atoms with Crippen LogP contribution in [0.5, 0.6) is 5.75 Å². The molecule has 0 bridgehead atoms. The van der Waals surface area contributed by atoms with Crippen molar-refractivity contribution in [1.82, 2.24) is 10.2 Å². The first kappa shape index (κ1) is 36.1. The Bertz CT molecular complexity index is 1790. The van der Waals surface area contributed by atoms with Gasteiger partial charge in [-0.25, -0.2) is 8.42 Å². The van der Waals surface area contributed by atoms with Gasteiger partial charge in [-0.3, -0.25) is 13.9 Å². The molecule has 1 atom stereocenters. The fourth-order valence-electron chi connectivity index (χ4n) is 6.24. The first-order chi connectivity index (χ1) is 23.6. The Balaban J connectivity index is 1.56. The van der Waals surface area contributed by atoms with Crippen molar-refractivity contribution in [3.05, 3.63) is 124 Å². The molecule has 1 fully saturated rings. The van der Waals surface area contributed by atoms with E-state index in [1.54, 1.807) is 41.3 Å². The summed E-state index contributed by atoms with van der Waals surface area (Å²) in [5.41, 5.74) is 3.07. The number of anilines is 1. The SMILES string of the molecule is CCOc1ccc(N(CC(=O)N(Cc2cccc(C)c2)[C@@H](Cc2ccccc2)C(=O)NC2CCCCC2)S(=O)(=O)c2ccc(Br)cc2)cc1. The van der Waals surface area contributed by atoms with E-state index in [1.165, 1.54) is 12.1 Å². The van der Waals surface area contributed by atoms with Crippen LogP contribution in [0.2, 0.25) is 0 Å². The minimum absolute atomic E-state index is 0.0357. The lowest BCUT2D eigenvalue weighted by Crippen LogP contribution is -2.55. The van der Waals surface area contributed by atoms with Gasteiger partial charge in [-0.1, -0.05) is 95.4 Å². The Morgan fingerprint density at radius 1 is 0.878 bits per heavy atom. The monoisotopic (exact) mass is 745 g/mol. The molecule has 5 rings (SSSR count). The molecule has 258 valence electrons. The number of sulfonamides is 1. The van der Waals surface area contributed by atoms with E-state index in [1.807, 2.05) is 68.4 Å². The quantitative estimate of drug-likeness (QED) is 0.145. The third kappa shape index (κ3) is 9.73. The molecule has 4 aromatic carbocycles. The van der Waals surface area contributed by atoms with E-state index in [2.05, 4.69) is 21.2 Å². The molecule has 1 N–H and O–H groups in total. The summed E-state index contributed by atoms with van der Waals surface area (Å²) in [6.45, 7) is 3.92. The van der Waals surface area contributed by atoms with E-state index in [0.29, 0.717) is 18.0 Å². The second-order valence-electron chi connectivity index (χ2n) is 12.5. The molecule has 1 aliphatic rings. The van der Waals surface area contributed by atoms with Crippen LogP contribution in [-0.4, -0.2) is 50.4 Å². The van der Waals surface area contributed by atoms with Gasteiger partial charge in [0.2, 0.25) is 11.8 Å². The largest absolute Gasteiger partial charge is 0.494 e. The Labute approximate surface area is 298 Å². The molecule has 0 saturated heterocycles. The molecule has 4 aromatic rings. The van der Waals surface area contributed by atoms with Crippen LogP contribution in [0, 0.1) is 6.92 Å². The van der Waals surface area contributed by atoms with Gasteiger partial charge >= 0.3 is 0 Å². The number of halogens is 1. The van der Waals surface area contributed by atoms with Crippen molar-refractivity contribution in [2.75, 3.05) is 17.5 Å². The summed E-state index contributed by atoms with van der Waals surface area (Å²) in [5.74, 6) is -0.141. The predicted octanol–water partition coefficient (Wildman–Crippen LogP) is 7.44. The standard InChI is InChI=1S/C39H44BrN3O5S/c1-3-48-35-21-19-34(20-22-35)43(49(46,47)36-23-17-32(40)18-24-36)28-38(44)42(27-31-14-10-11-29(2)25-31)37(26-30-12-6-4-7-13-30)39(45)41-33-15-8-5-9-16-33/h4,6-7,10-14,17-25,33,37H,3,5,8-9,15-16,26-28H2,1-2H3,(H,41,45)/t37-/m0/s1. The number of nitrogens with zero attached hydrogens (tertiary/aromatic N) is 2. The Hall–Kier alpha value is -4.15. The zero-order valence-corrected chi connectivity index (χ0v) is 30.5. The summed E-state index contributed by atoms with van der Waals surface area (Å²) in [5, 5.41) is 3.25. The molecule has 10 heteroatoms. The zero-order valence-electron chi connectivity index (χ0n) is 28.1. The number of hydrogen-bond donors (Lipinski definition) is 1. The minimum atomic E-state index is -4.21. The van der Waals surface area contributed by atoms with Gasteiger partial charge in [0.15, 0.2) is 0 Å². The number of nitrogens with one attached hydrogen (secondary N) is 1. The van der Waals surface area contributed by atoms with Crippen LogP contribution in [-0.2, 0) is 32.6 Å². The highest BCUT2D eigenvalue weighted by Crippen LogP contribution is 2.28. The smallest absolute Gasteiger partial charge is 0.264 e.